The van der Waals surface area contributed by atoms with E-state index in [9.17, 15) is 0 Å². The van der Waals surface area contributed by atoms with Crippen LogP contribution in [-0.4, -0.2) is 59.4 Å². The van der Waals surface area contributed by atoms with Crippen molar-refractivity contribution in [3.63, 3.8) is 0 Å². The summed E-state index contributed by atoms with van der Waals surface area (Å²) in [6, 6.07) is 24.7. The van der Waals surface area contributed by atoms with Gasteiger partial charge in [0.05, 0.1) is 11.9 Å². The quantitative estimate of drug-likeness (QED) is 0.480. The van der Waals surface area contributed by atoms with Crippen LogP contribution in [0.2, 0.25) is 0 Å². The fraction of sp³-hybridized carbons (Fsp3) is 0.240. The Morgan fingerprint density at radius 1 is 0.806 bits per heavy atom. The van der Waals surface area contributed by atoms with Crippen molar-refractivity contribution < 1.29 is 4.74 Å². The van der Waals surface area contributed by atoms with Gasteiger partial charge in [0.1, 0.15) is 12.4 Å². The number of rotatable bonds is 6. The first-order chi connectivity index (χ1) is 15.3. The molecule has 4 aromatic rings. The maximum atomic E-state index is 5.83. The van der Waals surface area contributed by atoms with Crippen LogP contribution in [0.25, 0.3) is 22.0 Å². The Bertz CT molecular complexity index is 1140. The van der Waals surface area contributed by atoms with Crippen molar-refractivity contribution >= 4 is 16.7 Å². The zero-order valence-electron chi connectivity index (χ0n) is 17.4. The predicted molar refractivity (Wildman–Crippen MR) is 123 cm³/mol. The van der Waals surface area contributed by atoms with Gasteiger partial charge in [-0.2, -0.15) is 5.10 Å². The Hall–Kier alpha value is -3.51. The van der Waals surface area contributed by atoms with Crippen molar-refractivity contribution in [2.75, 3.05) is 44.2 Å². The summed E-state index contributed by atoms with van der Waals surface area (Å²) in [5, 5.41) is 11.0. The lowest BCUT2D eigenvalue weighted by atomic mass is 10.1. The van der Waals surface area contributed by atoms with Gasteiger partial charge < -0.3 is 9.64 Å². The summed E-state index contributed by atoms with van der Waals surface area (Å²) in [7, 11) is 0. The smallest absolute Gasteiger partial charge is 0.245 e. The molecule has 0 atom stereocenters. The number of anilines is 1. The van der Waals surface area contributed by atoms with Crippen LogP contribution in [0.15, 0.2) is 79.0 Å². The largest absolute Gasteiger partial charge is 0.492 e. The normalized spacial score (nSPS) is 14.6. The monoisotopic (exact) mass is 411 g/mol. The first kappa shape index (κ1) is 19.5. The van der Waals surface area contributed by atoms with Gasteiger partial charge >= 0.3 is 0 Å². The predicted octanol–water partition coefficient (Wildman–Crippen LogP) is 3.89. The molecule has 0 N–H and O–H groups in total. The Labute approximate surface area is 182 Å². The molecular formula is C25H25N5O. The molecule has 0 unspecified atom stereocenters. The van der Waals surface area contributed by atoms with Crippen molar-refractivity contribution in [1.82, 2.24) is 20.1 Å². The number of piperazine rings is 1. The van der Waals surface area contributed by atoms with Crippen LogP contribution in [0.1, 0.15) is 0 Å². The average Bonchev–Trinajstić information content (AvgIpc) is 2.85. The van der Waals surface area contributed by atoms with Crippen molar-refractivity contribution in [2.24, 2.45) is 0 Å². The Morgan fingerprint density at radius 3 is 2.42 bits per heavy atom. The van der Waals surface area contributed by atoms with E-state index >= 15 is 0 Å². The van der Waals surface area contributed by atoms with Gasteiger partial charge in [0.2, 0.25) is 5.95 Å². The van der Waals surface area contributed by atoms with E-state index in [2.05, 4.69) is 62.5 Å². The molecule has 1 aliphatic rings. The molecule has 1 aliphatic heterocycles. The van der Waals surface area contributed by atoms with Crippen LogP contribution in [0.3, 0.4) is 0 Å². The molecule has 156 valence electrons. The minimum Gasteiger partial charge on any atom is -0.492 e. The van der Waals surface area contributed by atoms with Gasteiger partial charge in [-0.15, -0.1) is 5.10 Å². The van der Waals surface area contributed by atoms with Crippen LogP contribution < -0.4 is 9.64 Å². The van der Waals surface area contributed by atoms with Gasteiger partial charge in [0, 0.05) is 38.3 Å². The number of nitrogens with zero attached hydrogens (tertiary/aromatic N) is 5. The van der Waals surface area contributed by atoms with Gasteiger partial charge in [0.15, 0.2) is 0 Å². The van der Waals surface area contributed by atoms with E-state index in [1.165, 1.54) is 10.8 Å². The molecule has 1 fully saturated rings. The molecule has 0 spiro atoms. The topological polar surface area (TPSA) is 54.4 Å². The highest BCUT2D eigenvalue weighted by atomic mass is 16.5. The zero-order chi connectivity index (χ0) is 20.9. The maximum absolute atomic E-state index is 5.83. The summed E-state index contributed by atoms with van der Waals surface area (Å²) in [4.78, 5) is 9.44. The third kappa shape index (κ3) is 4.64. The molecule has 6 nitrogen and oxygen atoms in total. The summed E-state index contributed by atoms with van der Waals surface area (Å²) in [6.07, 6.45) is 1.74. The van der Waals surface area contributed by atoms with E-state index in [1.807, 2.05) is 30.3 Å². The second kappa shape index (κ2) is 9.10. The molecular weight excluding hydrogens is 386 g/mol. The summed E-state index contributed by atoms with van der Waals surface area (Å²) in [6.45, 7) is 5.30. The molecule has 3 aromatic carbocycles. The molecule has 5 rings (SSSR count). The standard InChI is InChI=1S/C25H25N5O/c1-2-8-23(9-3-1)31-17-16-29-12-14-30(15-13-29)25-27-24(19-26-28-25)22-11-10-20-6-4-5-7-21(20)18-22/h1-11,18-19H,12-17H2. The van der Waals surface area contributed by atoms with Gasteiger partial charge in [-0.05, 0) is 29.0 Å². The fourth-order valence-corrected chi connectivity index (χ4v) is 3.90. The molecule has 0 bridgehead atoms. The summed E-state index contributed by atoms with van der Waals surface area (Å²) in [5.74, 6) is 1.62. The van der Waals surface area contributed by atoms with Gasteiger partial charge in [-0.3, -0.25) is 4.90 Å². The summed E-state index contributed by atoms with van der Waals surface area (Å²) < 4.78 is 5.83. The Morgan fingerprint density at radius 2 is 1.58 bits per heavy atom. The Kier molecular flexibility index (Phi) is 5.71. The number of fused-ring (bicyclic) bond motifs is 1. The number of para-hydroxylation sites is 1. The summed E-state index contributed by atoms with van der Waals surface area (Å²) in [5.41, 5.74) is 1.92. The number of hydrogen-bond acceptors (Lipinski definition) is 6. The molecule has 1 saturated heterocycles. The van der Waals surface area contributed by atoms with Crippen LogP contribution in [-0.2, 0) is 0 Å². The summed E-state index contributed by atoms with van der Waals surface area (Å²) >= 11 is 0. The van der Waals surface area contributed by atoms with E-state index in [4.69, 9.17) is 9.72 Å². The van der Waals surface area contributed by atoms with E-state index in [1.54, 1.807) is 6.20 Å². The van der Waals surface area contributed by atoms with Crippen molar-refractivity contribution in [3.8, 4) is 17.0 Å². The van der Waals surface area contributed by atoms with Crippen LogP contribution in [0, 0.1) is 0 Å². The first-order valence-electron chi connectivity index (χ1n) is 10.7. The minimum atomic E-state index is 0.694. The Balaban J connectivity index is 1.20. The average molecular weight is 412 g/mol. The minimum absolute atomic E-state index is 0.694. The number of benzene rings is 3. The molecule has 1 aromatic heterocycles. The molecule has 0 amide bonds. The highest BCUT2D eigenvalue weighted by Gasteiger charge is 2.19. The van der Waals surface area contributed by atoms with E-state index in [0.717, 1.165) is 49.7 Å². The van der Waals surface area contributed by atoms with Crippen molar-refractivity contribution in [3.05, 3.63) is 79.0 Å². The van der Waals surface area contributed by atoms with E-state index < -0.39 is 0 Å². The van der Waals surface area contributed by atoms with Crippen LogP contribution >= 0.6 is 0 Å². The van der Waals surface area contributed by atoms with Crippen LogP contribution in [0.4, 0.5) is 5.95 Å². The third-order valence-electron chi connectivity index (χ3n) is 5.67. The highest BCUT2D eigenvalue weighted by Crippen LogP contribution is 2.23. The van der Waals surface area contributed by atoms with Crippen molar-refractivity contribution in [2.45, 2.75) is 0 Å². The maximum Gasteiger partial charge on any atom is 0.245 e. The first-order valence-corrected chi connectivity index (χ1v) is 10.7. The molecule has 2 heterocycles. The molecule has 0 saturated carbocycles. The van der Waals surface area contributed by atoms with Gasteiger partial charge in [0.25, 0.3) is 0 Å². The molecule has 6 heteroatoms. The van der Waals surface area contributed by atoms with Crippen molar-refractivity contribution in [1.29, 1.82) is 0 Å². The lowest BCUT2D eigenvalue weighted by molar-refractivity contribution is 0.200. The lowest BCUT2D eigenvalue weighted by Crippen LogP contribution is -2.48. The SMILES string of the molecule is c1ccc(OCCN2CCN(c3nncc(-c4ccc5ccccc5c4)n3)CC2)cc1. The lowest BCUT2D eigenvalue weighted by Gasteiger charge is -2.34. The van der Waals surface area contributed by atoms with Gasteiger partial charge in [-0.25, -0.2) is 4.98 Å². The highest BCUT2D eigenvalue weighted by molar-refractivity contribution is 5.86. The second-order valence-corrected chi connectivity index (χ2v) is 7.69. The third-order valence-corrected chi connectivity index (χ3v) is 5.67. The number of ether oxygens (including phenoxy) is 1. The zero-order valence-corrected chi connectivity index (χ0v) is 17.4. The van der Waals surface area contributed by atoms with Gasteiger partial charge in [-0.1, -0.05) is 54.6 Å². The molecule has 0 radical (unpaired) electrons. The van der Waals surface area contributed by atoms with Crippen LogP contribution in [0.5, 0.6) is 5.75 Å². The molecule has 31 heavy (non-hydrogen) atoms. The molecule has 0 aliphatic carbocycles. The number of hydrogen-bond donors (Lipinski definition) is 0. The van der Waals surface area contributed by atoms with E-state index in [0.29, 0.717) is 12.6 Å². The number of aromatic nitrogens is 3. The van der Waals surface area contributed by atoms with E-state index in [-0.39, 0.29) is 0 Å². The fourth-order valence-electron chi connectivity index (χ4n) is 3.90. The second-order valence-electron chi connectivity index (χ2n) is 7.69.